The molecule has 5 heteroatoms. The lowest BCUT2D eigenvalue weighted by atomic mass is 10.1. The highest BCUT2D eigenvalue weighted by molar-refractivity contribution is 6.06. The van der Waals surface area contributed by atoms with E-state index in [1.807, 2.05) is 48.2 Å². The maximum absolute atomic E-state index is 13.3. The van der Waals surface area contributed by atoms with Crippen LogP contribution >= 0.6 is 0 Å². The number of nitrogens with one attached hydrogen (secondary N) is 1. The first-order valence-electron chi connectivity index (χ1n) is 9.61. The summed E-state index contributed by atoms with van der Waals surface area (Å²) >= 11 is 0. The summed E-state index contributed by atoms with van der Waals surface area (Å²) in [5.41, 5.74) is 4.50. The monoisotopic (exact) mass is 372 g/mol. The second-order valence-electron chi connectivity index (χ2n) is 7.35. The molecule has 0 fully saturated rings. The number of aromatic nitrogens is 2. The average Bonchev–Trinajstić information content (AvgIpc) is 3.03. The molecule has 2 aromatic carbocycles. The second kappa shape index (κ2) is 7.43. The van der Waals surface area contributed by atoms with E-state index in [0.29, 0.717) is 11.6 Å². The number of hydrogen-bond donors (Lipinski definition) is 1. The summed E-state index contributed by atoms with van der Waals surface area (Å²) in [6, 6.07) is 20.1. The molecule has 142 valence electrons. The Hall–Kier alpha value is -3.21. The Bertz CT molecular complexity index is 1000. The van der Waals surface area contributed by atoms with Crippen molar-refractivity contribution in [2.24, 2.45) is 0 Å². The largest absolute Gasteiger partial charge is 0.348 e. The Morgan fingerprint density at radius 1 is 1.11 bits per heavy atom. The highest BCUT2D eigenvalue weighted by Gasteiger charge is 2.32. The average molecular weight is 372 g/mol. The Morgan fingerprint density at radius 3 is 2.61 bits per heavy atom. The van der Waals surface area contributed by atoms with Crippen LogP contribution in [0.5, 0.6) is 0 Å². The second-order valence-corrected chi connectivity index (χ2v) is 7.35. The molecule has 5 nitrogen and oxygen atoms in total. The molecule has 0 bridgehead atoms. The molecule has 2 unspecified atom stereocenters. The van der Waals surface area contributed by atoms with Gasteiger partial charge in [-0.2, -0.15) is 0 Å². The quantitative estimate of drug-likeness (QED) is 0.730. The van der Waals surface area contributed by atoms with Gasteiger partial charge in [-0.05, 0) is 50.5 Å². The van der Waals surface area contributed by atoms with E-state index in [1.165, 1.54) is 5.56 Å². The highest BCUT2D eigenvalue weighted by Crippen LogP contribution is 2.33. The maximum Gasteiger partial charge on any atom is 0.277 e. The summed E-state index contributed by atoms with van der Waals surface area (Å²) in [4.78, 5) is 24.2. The number of amides is 1. The number of aryl methyl sites for hydroxylation is 1. The number of para-hydroxylation sites is 1. The zero-order valence-electron chi connectivity index (χ0n) is 16.4. The summed E-state index contributed by atoms with van der Waals surface area (Å²) < 4.78 is 0. The van der Waals surface area contributed by atoms with Gasteiger partial charge in [0.15, 0.2) is 0 Å². The summed E-state index contributed by atoms with van der Waals surface area (Å²) in [6.07, 6.45) is 0.863. The molecule has 1 aliphatic rings. The van der Waals surface area contributed by atoms with Crippen LogP contribution in [0.2, 0.25) is 0 Å². The van der Waals surface area contributed by atoms with Gasteiger partial charge in [0, 0.05) is 17.4 Å². The Morgan fingerprint density at radius 2 is 1.82 bits per heavy atom. The number of carbonyl (C=O) groups is 1. The van der Waals surface area contributed by atoms with Gasteiger partial charge in [0.05, 0.1) is 6.04 Å². The maximum atomic E-state index is 13.3. The SMILES string of the molecule is Cc1cc(C(=O)N2c3ccccc3CC2C)nc(NC(C)c2ccccc2)n1. The lowest BCUT2D eigenvalue weighted by Gasteiger charge is -2.23. The summed E-state index contributed by atoms with van der Waals surface area (Å²) in [5, 5.41) is 3.32. The Kier molecular flexibility index (Phi) is 4.82. The molecule has 1 aromatic heterocycles. The number of fused-ring (bicyclic) bond motifs is 1. The first-order chi connectivity index (χ1) is 13.5. The van der Waals surface area contributed by atoms with Crippen LogP contribution in [0, 0.1) is 6.92 Å². The number of benzene rings is 2. The zero-order valence-corrected chi connectivity index (χ0v) is 16.4. The van der Waals surface area contributed by atoms with Gasteiger partial charge in [-0.25, -0.2) is 9.97 Å². The summed E-state index contributed by atoms with van der Waals surface area (Å²) in [6.45, 7) is 6.02. The molecule has 1 aliphatic heterocycles. The van der Waals surface area contributed by atoms with Crippen molar-refractivity contribution >= 4 is 17.5 Å². The minimum absolute atomic E-state index is 0.0392. The van der Waals surface area contributed by atoms with Crippen molar-refractivity contribution in [3.8, 4) is 0 Å². The van der Waals surface area contributed by atoms with Crippen LogP contribution in [0.4, 0.5) is 11.6 Å². The van der Waals surface area contributed by atoms with Crippen molar-refractivity contribution in [1.82, 2.24) is 9.97 Å². The Balaban J connectivity index is 1.61. The van der Waals surface area contributed by atoms with Gasteiger partial charge in [-0.3, -0.25) is 4.79 Å². The molecule has 4 rings (SSSR count). The van der Waals surface area contributed by atoms with Crippen LogP contribution < -0.4 is 10.2 Å². The highest BCUT2D eigenvalue weighted by atomic mass is 16.2. The third kappa shape index (κ3) is 3.48. The minimum Gasteiger partial charge on any atom is -0.348 e. The van der Waals surface area contributed by atoms with E-state index in [1.54, 1.807) is 6.07 Å². The molecule has 28 heavy (non-hydrogen) atoms. The topological polar surface area (TPSA) is 58.1 Å². The van der Waals surface area contributed by atoms with Crippen LogP contribution in [0.15, 0.2) is 60.7 Å². The molecule has 2 atom stereocenters. The fraction of sp³-hybridized carbons (Fsp3) is 0.261. The van der Waals surface area contributed by atoms with E-state index >= 15 is 0 Å². The van der Waals surface area contributed by atoms with Crippen LogP contribution in [0.1, 0.15) is 47.2 Å². The molecule has 2 heterocycles. The molecule has 1 N–H and O–H groups in total. The van der Waals surface area contributed by atoms with Crippen LogP contribution in [-0.2, 0) is 6.42 Å². The first-order valence-corrected chi connectivity index (χ1v) is 9.61. The third-order valence-corrected chi connectivity index (χ3v) is 5.14. The van der Waals surface area contributed by atoms with E-state index in [0.717, 1.165) is 23.4 Å². The predicted molar refractivity (Wildman–Crippen MR) is 112 cm³/mol. The number of carbonyl (C=O) groups excluding carboxylic acids is 1. The Labute approximate surface area is 165 Å². The summed E-state index contributed by atoms with van der Waals surface area (Å²) in [7, 11) is 0. The van der Waals surface area contributed by atoms with Crippen LogP contribution in [0.3, 0.4) is 0 Å². The fourth-order valence-electron chi connectivity index (χ4n) is 3.76. The molecule has 0 aliphatic carbocycles. The van der Waals surface area contributed by atoms with Crippen molar-refractivity contribution in [2.75, 3.05) is 10.2 Å². The predicted octanol–water partition coefficient (Wildman–Crippen LogP) is 4.55. The standard InChI is InChI=1S/C23H24N4O/c1-15-13-20(22(28)27-16(2)14-19-11-7-8-12-21(19)27)26-23(24-15)25-17(3)18-9-5-4-6-10-18/h4-13,16-17H,14H2,1-3H3,(H,24,25,26). The van der Waals surface area contributed by atoms with Gasteiger partial charge in [0.1, 0.15) is 5.69 Å². The molecule has 0 saturated heterocycles. The molecule has 3 aromatic rings. The van der Waals surface area contributed by atoms with Gasteiger partial charge < -0.3 is 10.2 Å². The fourth-order valence-corrected chi connectivity index (χ4v) is 3.76. The van der Waals surface area contributed by atoms with Gasteiger partial charge >= 0.3 is 0 Å². The minimum atomic E-state index is -0.0848. The number of rotatable bonds is 4. The van der Waals surface area contributed by atoms with Crippen molar-refractivity contribution in [3.05, 3.63) is 83.2 Å². The van der Waals surface area contributed by atoms with Crippen LogP contribution in [0.25, 0.3) is 0 Å². The van der Waals surface area contributed by atoms with Crippen molar-refractivity contribution in [1.29, 1.82) is 0 Å². The van der Waals surface area contributed by atoms with Gasteiger partial charge in [-0.15, -0.1) is 0 Å². The normalized spacial score (nSPS) is 16.5. The number of hydrogen-bond acceptors (Lipinski definition) is 4. The van der Waals surface area contributed by atoms with Gasteiger partial charge in [0.25, 0.3) is 5.91 Å². The van der Waals surface area contributed by atoms with Gasteiger partial charge in [0.2, 0.25) is 5.95 Å². The lowest BCUT2D eigenvalue weighted by molar-refractivity contribution is 0.0976. The molecule has 0 spiro atoms. The van der Waals surface area contributed by atoms with Crippen molar-refractivity contribution < 1.29 is 4.79 Å². The number of anilines is 2. The van der Waals surface area contributed by atoms with E-state index < -0.39 is 0 Å². The number of nitrogens with zero attached hydrogens (tertiary/aromatic N) is 3. The van der Waals surface area contributed by atoms with Crippen LogP contribution in [-0.4, -0.2) is 21.9 Å². The zero-order chi connectivity index (χ0) is 19.7. The molecule has 0 radical (unpaired) electrons. The van der Waals surface area contributed by atoms with Crippen molar-refractivity contribution in [3.63, 3.8) is 0 Å². The van der Waals surface area contributed by atoms with E-state index in [-0.39, 0.29) is 18.0 Å². The third-order valence-electron chi connectivity index (χ3n) is 5.14. The first kappa shape index (κ1) is 18.2. The van der Waals surface area contributed by atoms with Gasteiger partial charge in [-0.1, -0.05) is 48.5 Å². The van der Waals surface area contributed by atoms with E-state index in [4.69, 9.17) is 0 Å². The van der Waals surface area contributed by atoms with Crippen molar-refractivity contribution in [2.45, 2.75) is 39.3 Å². The van der Waals surface area contributed by atoms with E-state index in [2.05, 4.69) is 47.3 Å². The molecular weight excluding hydrogens is 348 g/mol. The molecule has 1 amide bonds. The smallest absolute Gasteiger partial charge is 0.277 e. The molecular formula is C23H24N4O. The lowest BCUT2D eigenvalue weighted by Crippen LogP contribution is -2.36. The summed E-state index contributed by atoms with van der Waals surface area (Å²) in [5.74, 6) is 0.387. The van der Waals surface area contributed by atoms with E-state index in [9.17, 15) is 4.79 Å². The molecule has 0 saturated carbocycles.